The van der Waals surface area contributed by atoms with Crippen LogP contribution in [-0.4, -0.2) is 18.6 Å². The molecule has 106 valence electrons. The molecule has 0 bridgehead atoms. The zero-order chi connectivity index (χ0) is 14.7. The average Bonchev–Trinajstić information content (AvgIpc) is 3.03. The molecule has 0 unspecified atom stereocenters. The molecule has 0 aliphatic carbocycles. The number of hydrogen-bond acceptors (Lipinski definition) is 5. The predicted octanol–water partition coefficient (Wildman–Crippen LogP) is 2.54. The monoisotopic (exact) mass is 301 g/mol. The molecule has 6 nitrogen and oxygen atoms in total. The summed E-state index contributed by atoms with van der Waals surface area (Å²) in [5.74, 6) is 0.382. The Bertz CT molecular complexity index is 814. The number of nitrogens with one attached hydrogen (secondary N) is 1. The molecule has 0 aliphatic heterocycles. The van der Waals surface area contributed by atoms with Gasteiger partial charge >= 0.3 is 0 Å². The number of aromatic nitrogens is 2. The molecular formula is C14H11N3O3S. The summed E-state index contributed by atoms with van der Waals surface area (Å²) in [6, 6.07) is 14.9. The van der Waals surface area contributed by atoms with Crippen LogP contribution >= 0.6 is 0 Å². The van der Waals surface area contributed by atoms with Crippen molar-refractivity contribution in [2.24, 2.45) is 0 Å². The van der Waals surface area contributed by atoms with Crippen LogP contribution in [0.1, 0.15) is 0 Å². The van der Waals surface area contributed by atoms with E-state index in [4.69, 9.17) is 4.42 Å². The lowest BCUT2D eigenvalue weighted by molar-refractivity contribution is 0.568. The number of benzene rings is 2. The third-order valence-electron chi connectivity index (χ3n) is 2.80. The summed E-state index contributed by atoms with van der Waals surface area (Å²) in [5.41, 5.74) is 1.18. The van der Waals surface area contributed by atoms with Crippen LogP contribution < -0.4 is 4.72 Å². The molecule has 0 spiro atoms. The number of sulfonamides is 1. The minimum Gasteiger partial charge on any atom is -0.423 e. The van der Waals surface area contributed by atoms with E-state index in [2.05, 4.69) is 14.9 Å². The highest BCUT2D eigenvalue weighted by atomic mass is 32.2. The number of hydrogen-bond donors (Lipinski definition) is 1. The third kappa shape index (κ3) is 2.92. The van der Waals surface area contributed by atoms with Gasteiger partial charge in [-0.2, -0.15) is 0 Å². The molecule has 1 aromatic heterocycles. The van der Waals surface area contributed by atoms with Gasteiger partial charge in [0.2, 0.25) is 12.3 Å². The molecule has 1 N–H and O–H groups in total. The first-order valence-electron chi connectivity index (χ1n) is 6.10. The maximum absolute atomic E-state index is 12.2. The van der Waals surface area contributed by atoms with E-state index in [1.807, 2.05) is 0 Å². The van der Waals surface area contributed by atoms with Crippen LogP contribution in [0.25, 0.3) is 11.5 Å². The molecule has 0 aliphatic rings. The minimum atomic E-state index is -3.58. The van der Waals surface area contributed by atoms with Crippen LogP contribution in [0.5, 0.6) is 0 Å². The van der Waals surface area contributed by atoms with Crippen LogP contribution in [-0.2, 0) is 10.0 Å². The fraction of sp³-hybridized carbons (Fsp3) is 0. The molecular weight excluding hydrogens is 290 g/mol. The zero-order valence-electron chi connectivity index (χ0n) is 10.8. The van der Waals surface area contributed by atoms with Crippen molar-refractivity contribution >= 4 is 15.7 Å². The van der Waals surface area contributed by atoms with Gasteiger partial charge in [0, 0.05) is 11.3 Å². The largest absolute Gasteiger partial charge is 0.423 e. The van der Waals surface area contributed by atoms with Crippen LogP contribution in [0.3, 0.4) is 0 Å². The first kappa shape index (κ1) is 13.3. The van der Waals surface area contributed by atoms with Crippen molar-refractivity contribution < 1.29 is 12.8 Å². The van der Waals surface area contributed by atoms with E-state index in [-0.39, 0.29) is 4.90 Å². The van der Waals surface area contributed by atoms with Gasteiger partial charge in [-0.1, -0.05) is 18.2 Å². The fourth-order valence-electron chi connectivity index (χ4n) is 1.79. The summed E-state index contributed by atoms with van der Waals surface area (Å²) in [5, 5.41) is 7.37. The Morgan fingerprint density at radius 2 is 1.67 bits per heavy atom. The second-order valence-corrected chi connectivity index (χ2v) is 5.92. The van der Waals surface area contributed by atoms with E-state index < -0.39 is 10.0 Å². The Morgan fingerprint density at radius 1 is 0.952 bits per heavy atom. The topological polar surface area (TPSA) is 85.1 Å². The molecule has 0 saturated heterocycles. The molecule has 3 aromatic rings. The molecule has 2 aromatic carbocycles. The standard InChI is InChI=1S/C14H11N3O3S/c18-21(19,13-4-2-1-3-5-13)17-12-8-6-11(7-9-12)14-16-15-10-20-14/h1-10,17H. The molecule has 0 fully saturated rings. The smallest absolute Gasteiger partial charge is 0.261 e. The number of anilines is 1. The van der Waals surface area contributed by atoms with Crippen molar-refractivity contribution in [2.45, 2.75) is 4.90 Å². The molecule has 3 rings (SSSR count). The maximum atomic E-state index is 12.2. The first-order chi connectivity index (χ1) is 10.1. The van der Waals surface area contributed by atoms with Crippen molar-refractivity contribution in [3.05, 3.63) is 61.0 Å². The Kier molecular flexibility index (Phi) is 3.41. The molecule has 7 heteroatoms. The number of nitrogens with zero attached hydrogens (tertiary/aromatic N) is 2. The van der Waals surface area contributed by atoms with Gasteiger partial charge in [0.25, 0.3) is 10.0 Å². The van der Waals surface area contributed by atoms with Gasteiger partial charge in [0.05, 0.1) is 4.90 Å². The second-order valence-electron chi connectivity index (χ2n) is 4.24. The van der Waals surface area contributed by atoms with E-state index in [0.717, 1.165) is 5.56 Å². The highest BCUT2D eigenvalue weighted by Gasteiger charge is 2.13. The quantitative estimate of drug-likeness (QED) is 0.800. The molecule has 21 heavy (non-hydrogen) atoms. The van der Waals surface area contributed by atoms with E-state index in [9.17, 15) is 8.42 Å². The van der Waals surface area contributed by atoms with E-state index in [1.165, 1.54) is 18.5 Å². The average molecular weight is 301 g/mol. The lowest BCUT2D eigenvalue weighted by Gasteiger charge is -2.08. The van der Waals surface area contributed by atoms with Crippen molar-refractivity contribution in [2.75, 3.05) is 4.72 Å². The summed E-state index contributed by atoms with van der Waals surface area (Å²) in [6.07, 6.45) is 1.24. The Balaban J connectivity index is 1.83. The van der Waals surface area contributed by atoms with Crippen molar-refractivity contribution in [1.29, 1.82) is 0 Å². The van der Waals surface area contributed by atoms with E-state index in [1.54, 1.807) is 42.5 Å². The predicted molar refractivity (Wildman–Crippen MR) is 77.0 cm³/mol. The van der Waals surface area contributed by atoms with Gasteiger partial charge in [-0.3, -0.25) is 4.72 Å². The van der Waals surface area contributed by atoms with Crippen molar-refractivity contribution in [1.82, 2.24) is 10.2 Å². The molecule has 0 radical (unpaired) electrons. The van der Waals surface area contributed by atoms with Crippen LogP contribution in [0.2, 0.25) is 0 Å². The Hall–Kier alpha value is -2.67. The van der Waals surface area contributed by atoms with Gasteiger partial charge in [0.15, 0.2) is 0 Å². The van der Waals surface area contributed by atoms with Gasteiger partial charge in [-0.25, -0.2) is 8.42 Å². The highest BCUT2D eigenvalue weighted by molar-refractivity contribution is 7.92. The summed E-state index contributed by atoms with van der Waals surface area (Å²) < 4.78 is 31.9. The Morgan fingerprint density at radius 3 is 2.29 bits per heavy atom. The van der Waals surface area contributed by atoms with E-state index in [0.29, 0.717) is 11.6 Å². The molecule has 0 atom stereocenters. The molecule has 1 heterocycles. The maximum Gasteiger partial charge on any atom is 0.261 e. The second kappa shape index (κ2) is 5.37. The van der Waals surface area contributed by atoms with Crippen LogP contribution in [0, 0.1) is 0 Å². The summed E-state index contributed by atoms with van der Waals surface area (Å²) in [6.45, 7) is 0. The zero-order valence-corrected chi connectivity index (χ0v) is 11.6. The molecule has 0 amide bonds. The third-order valence-corrected chi connectivity index (χ3v) is 4.19. The molecule has 0 saturated carbocycles. The summed E-state index contributed by atoms with van der Waals surface area (Å²) >= 11 is 0. The van der Waals surface area contributed by atoms with E-state index >= 15 is 0 Å². The number of rotatable bonds is 4. The lowest BCUT2D eigenvalue weighted by atomic mass is 10.2. The SMILES string of the molecule is O=S(=O)(Nc1ccc(-c2nnco2)cc1)c1ccccc1. The lowest BCUT2D eigenvalue weighted by Crippen LogP contribution is -2.12. The van der Waals surface area contributed by atoms with Gasteiger partial charge in [-0.05, 0) is 36.4 Å². The van der Waals surface area contributed by atoms with Crippen molar-refractivity contribution in [3.8, 4) is 11.5 Å². The van der Waals surface area contributed by atoms with Gasteiger partial charge in [-0.15, -0.1) is 10.2 Å². The van der Waals surface area contributed by atoms with Gasteiger partial charge < -0.3 is 4.42 Å². The highest BCUT2D eigenvalue weighted by Crippen LogP contribution is 2.21. The minimum absolute atomic E-state index is 0.214. The van der Waals surface area contributed by atoms with Crippen molar-refractivity contribution in [3.63, 3.8) is 0 Å². The van der Waals surface area contributed by atoms with Crippen LogP contribution in [0.4, 0.5) is 5.69 Å². The summed E-state index contributed by atoms with van der Waals surface area (Å²) in [4.78, 5) is 0.214. The summed E-state index contributed by atoms with van der Waals surface area (Å²) in [7, 11) is -3.58. The Labute approximate surface area is 121 Å². The van der Waals surface area contributed by atoms with Crippen LogP contribution in [0.15, 0.2) is 70.3 Å². The fourth-order valence-corrected chi connectivity index (χ4v) is 2.87. The van der Waals surface area contributed by atoms with Gasteiger partial charge in [0.1, 0.15) is 0 Å². The first-order valence-corrected chi connectivity index (χ1v) is 7.58. The normalized spacial score (nSPS) is 11.2.